The molecule has 356 valence electrons. The van der Waals surface area contributed by atoms with E-state index in [2.05, 4.69) is 4.90 Å². The Labute approximate surface area is 368 Å². The molecule has 0 aromatic carbocycles. The summed E-state index contributed by atoms with van der Waals surface area (Å²) in [5, 5.41) is 33.6. The van der Waals surface area contributed by atoms with Crippen molar-refractivity contribution in [2.24, 2.45) is 11.8 Å². The van der Waals surface area contributed by atoms with Gasteiger partial charge in [-0.05, 0) is 93.9 Å². The third-order valence-electron chi connectivity index (χ3n) is 12.7. The third-order valence-corrected chi connectivity index (χ3v) is 12.7. The van der Waals surface area contributed by atoms with Crippen molar-refractivity contribution in [2.45, 2.75) is 197 Å². The molecule has 3 fully saturated rings. The zero-order valence-electron chi connectivity index (χ0n) is 38.9. The molecule has 4 rings (SSSR count). The van der Waals surface area contributed by atoms with Crippen LogP contribution >= 0.6 is 0 Å². The second kappa shape index (κ2) is 23.7. The number of allylic oxidation sites excluding steroid dienone is 2. The number of aliphatic hydroxyl groups excluding tert-OH is 2. The Hall–Kier alpha value is -2.39. The normalized spacial score (nSPS) is 43.0. The second-order valence-corrected chi connectivity index (χ2v) is 18.4. The largest absolute Gasteiger partial charge is 0.462 e. The molecule has 19 atom stereocenters. The molecule has 0 radical (unpaired) electrons. The van der Waals surface area contributed by atoms with Gasteiger partial charge >= 0.3 is 11.9 Å². The number of cyclic esters (lactones) is 1. The van der Waals surface area contributed by atoms with Crippen LogP contribution in [-0.2, 0) is 57.0 Å². The highest BCUT2D eigenvalue weighted by Gasteiger charge is 2.52. The molecule has 17 nitrogen and oxygen atoms in total. The fourth-order valence-electron chi connectivity index (χ4n) is 9.40. The lowest BCUT2D eigenvalue weighted by Gasteiger charge is -2.50. The van der Waals surface area contributed by atoms with Crippen LogP contribution in [0.15, 0.2) is 24.3 Å². The molecule has 0 aliphatic carbocycles. The number of rotatable bonds is 12. The van der Waals surface area contributed by atoms with Gasteiger partial charge in [0, 0.05) is 39.3 Å². The van der Waals surface area contributed by atoms with Crippen molar-refractivity contribution in [2.75, 3.05) is 35.3 Å². The van der Waals surface area contributed by atoms with Crippen LogP contribution in [0.5, 0.6) is 0 Å². The first-order chi connectivity index (χ1) is 29.2. The summed E-state index contributed by atoms with van der Waals surface area (Å²) in [6.45, 7) is 12.0. The van der Waals surface area contributed by atoms with Crippen LogP contribution in [0.25, 0.3) is 0 Å². The van der Waals surface area contributed by atoms with Crippen molar-refractivity contribution < 1.29 is 72.3 Å². The van der Waals surface area contributed by atoms with Gasteiger partial charge in [0.05, 0.1) is 48.6 Å². The first-order valence-electron chi connectivity index (χ1n) is 22.2. The minimum Gasteiger partial charge on any atom is -0.462 e. The van der Waals surface area contributed by atoms with Crippen LogP contribution in [-0.4, -0.2) is 182 Å². The Bertz CT molecular complexity index is 1480. The number of carbonyl (C=O) groups is 3. The number of aliphatic hydroxyl groups is 3. The summed E-state index contributed by atoms with van der Waals surface area (Å²) in [5.74, 6) is -2.21. The number of aldehydes is 1. The van der Waals surface area contributed by atoms with Crippen LogP contribution in [0.2, 0.25) is 0 Å². The van der Waals surface area contributed by atoms with Gasteiger partial charge in [-0.3, -0.25) is 9.59 Å². The molecule has 0 amide bonds. The summed E-state index contributed by atoms with van der Waals surface area (Å²) in [6, 6.07) is -0.509. The minimum atomic E-state index is -1.49. The monoisotopic (exact) mass is 885 g/mol. The van der Waals surface area contributed by atoms with Gasteiger partial charge in [0.15, 0.2) is 18.9 Å². The zero-order valence-corrected chi connectivity index (χ0v) is 38.9. The van der Waals surface area contributed by atoms with E-state index >= 15 is 0 Å². The van der Waals surface area contributed by atoms with Gasteiger partial charge in [0.2, 0.25) is 0 Å². The molecule has 0 saturated carbocycles. The molecule has 3 N–H and O–H groups in total. The highest BCUT2D eigenvalue weighted by molar-refractivity contribution is 5.72. The van der Waals surface area contributed by atoms with Crippen molar-refractivity contribution in [3.05, 3.63) is 24.3 Å². The smallest absolute Gasteiger partial charge is 0.309 e. The van der Waals surface area contributed by atoms with Crippen molar-refractivity contribution in [1.82, 2.24) is 9.80 Å². The van der Waals surface area contributed by atoms with Crippen LogP contribution < -0.4 is 0 Å². The van der Waals surface area contributed by atoms with Crippen LogP contribution in [0.1, 0.15) is 93.4 Å². The Morgan fingerprint density at radius 1 is 0.903 bits per heavy atom. The number of methoxy groups -OCH3 is 1. The lowest BCUT2D eigenvalue weighted by atomic mass is 9.82. The SMILES string of the molecule is CO[C@@H]1[C@@H](O[C@@H]2O[C@H](C)[C@@H](O[C@H]3C[C@@](C)(O)[C@@H](O)[C@H](C)O3)[C@H](N(C)C)[C@H]2O)[C@@H](CC=O)C[C@@H](C)[C@@H](O[C@H]2CC[C@H](N(C)C)[C@H](C)O2)C=CC=CC[C@@H](C)OC(=O)C[C@H]1OC(C)=O. The number of carbonyl (C=O) groups excluding carboxylic acids is 3. The molecule has 0 unspecified atom stereocenters. The Balaban J connectivity index is 1.73. The topological polar surface area (TPSA) is 201 Å². The number of esters is 2. The summed E-state index contributed by atoms with van der Waals surface area (Å²) < 4.78 is 56.3. The van der Waals surface area contributed by atoms with E-state index in [0.717, 1.165) is 12.7 Å². The molecular weight excluding hydrogens is 808 g/mol. The van der Waals surface area contributed by atoms with E-state index in [1.807, 2.05) is 52.2 Å². The standard InChI is InChI=1S/C45H76N2O15/c1-25-22-31(20-21-48)41(62-44-39(51)38(47(10)11)40(28(4)58-44)61-37-24-45(7,53)43(52)29(5)57-37)42(54-12)34(59-30(6)49)23-35(50)55-26(2)16-14-13-15-17-33(25)60-36-19-18-32(46(8)9)27(3)56-36/h13-15,17,21,25-29,31-34,36-44,51-53H,16,18-20,22-24H2,1-12H3/t25-,26-,27+,28-,29+,31+,32+,33+,34-,36+,37+,38-,39-,40-,41+,42+,43+,44+,45-/m1/s1. The van der Waals surface area contributed by atoms with Crippen LogP contribution in [0.4, 0.5) is 0 Å². The van der Waals surface area contributed by atoms with E-state index in [0.29, 0.717) is 19.3 Å². The van der Waals surface area contributed by atoms with Gasteiger partial charge in [-0.25, -0.2) is 0 Å². The van der Waals surface area contributed by atoms with Crippen LogP contribution in [0, 0.1) is 11.8 Å². The van der Waals surface area contributed by atoms with Crippen LogP contribution in [0.3, 0.4) is 0 Å². The van der Waals surface area contributed by atoms with Crippen molar-refractivity contribution in [1.29, 1.82) is 0 Å². The minimum absolute atomic E-state index is 0.0293. The Kier molecular flexibility index (Phi) is 20.0. The van der Waals surface area contributed by atoms with E-state index in [1.165, 1.54) is 21.0 Å². The second-order valence-electron chi connectivity index (χ2n) is 18.4. The Morgan fingerprint density at radius 2 is 1.60 bits per heavy atom. The van der Waals surface area contributed by atoms with Gasteiger partial charge in [-0.2, -0.15) is 0 Å². The quantitative estimate of drug-likeness (QED) is 0.191. The number of hydrogen-bond donors (Lipinski definition) is 3. The number of likely N-dealkylation sites (N-methyl/N-ethyl adjacent to an activating group) is 2. The highest BCUT2D eigenvalue weighted by atomic mass is 16.7. The molecule has 0 spiro atoms. The van der Waals surface area contributed by atoms with Crippen molar-refractivity contribution in [3.63, 3.8) is 0 Å². The van der Waals surface area contributed by atoms with Gasteiger partial charge in [-0.15, -0.1) is 0 Å². The molecule has 4 heterocycles. The third kappa shape index (κ3) is 14.1. The maximum atomic E-state index is 13.4. The number of ether oxygens (including phenoxy) is 9. The van der Waals surface area contributed by atoms with E-state index in [1.54, 1.807) is 39.8 Å². The predicted molar refractivity (Wildman–Crippen MR) is 226 cm³/mol. The molecule has 62 heavy (non-hydrogen) atoms. The fourth-order valence-corrected chi connectivity index (χ4v) is 9.40. The lowest BCUT2D eigenvalue weighted by Crippen LogP contribution is -2.65. The highest BCUT2D eigenvalue weighted by Crippen LogP contribution is 2.38. The van der Waals surface area contributed by atoms with E-state index in [-0.39, 0.29) is 37.3 Å². The van der Waals surface area contributed by atoms with E-state index < -0.39 is 109 Å². The molecule has 0 aromatic heterocycles. The fraction of sp³-hybridized carbons (Fsp3) is 0.844. The maximum absolute atomic E-state index is 13.4. The molecule has 3 saturated heterocycles. The summed E-state index contributed by atoms with van der Waals surface area (Å²) in [5.41, 5.74) is -1.49. The van der Waals surface area contributed by atoms with E-state index in [4.69, 9.17) is 42.6 Å². The summed E-state index contributed by atoms with van der Waals surface area (Å²) in [4.78, 5) is 42.7. The van der Waals surface area contributed by atoms with Gasteiger partial charge in [0.1, 0.15) is 42.9 Å². The maximum Gasteiger partial charge on any atom is 0.309 e. The van der Waals surface area contributed by atoms with Crippen molar-refractivity contribution >= 4 is 18.2 Å². The van der Waals surface area contributed by atoms with Gasteiger partial charge < -0.3 is 72.5 Å². The molecular formula is C45H76N2O15. The summed E-state index contributed by atoms with van der Waals surface area (Å²) >= 11 is 0. The van der Waals surface area contributed by atoms with E-state index in [9.17, 15) is 29.7 Å². The first kappa shape index (κ1) is 52.2. The predicted octanol–water partition coefficient (Wildman–Crippen LogP) is 2.90. The van der Waals surface area contributed by atoms with Gasteiger partial charge in [0.25, 0.3) is 0 Å². The molecule has 0 aromatic rings. The Morgan fingerprint density at radius 3 is 2.19 bits per heavy atom. The summed E-state index contributed by atoms with van der Waals surface area (Å²) in [6.07, 6.45) is -1.81. The lowest BCUT2D eigenvalue weighted by molar-refractivity contribution is -0.344. The molecule has 4 aliphatic rings. The number of hydrogen-bond acceptors (Lipinski definition) is 17. The van der Waals surface area contributed by atoms with Crippen molar-refractivity contribution in [3.8, 4) is 0 Å². The first-order valence-corrected chi connectivity index (χ1v) is 22.2. The molecule has 17 heteroatoms. The average Bonchev–Trinajstić information content (AvgIpc) is 3.16. The molecule has 0 bridgehead atoms. The summed E-state index contributed by atoms with van der Waals surface area (Å²) in [7, 11) is 9.02. The average molecular weight is 885 g/mol. The zero-order chi connectivity index (χ0) is 46.1. The molecule has 4 aliphatic heterocycles. The number of nitrogens with zero attached hydrogens (tertiary/aromatic N) is 2. The van der Waals surface area contributed by atoms with Gasteiger partial charge in [-0.1, -0.05) is 31.2 Å².